The fourth-order valence-electron chi connectivity index (χ4n) is 2.93. The number of aryl methyl sites for hydroxylation is 1. The Bertz CT molecular complexity index is 558. The van der Waals surface area contributed by atoms with Gasteiger partial charge >= 0.3 is 5.51 Å². The predicted octanol–water partition coefficient (Wildman–Crippen LogP) is 6.57. The summed E-state index contributed by atoms with van der Waals surface area (Å²) in [6.07, 6.45) is 8.71. The molecule has 0 amide bonds. The lowest BCUT2D eigenvalue weighted by Gasteiger charge is -2.10. The fraction of sp³-hybridized carbons (Fsp3) is 0.579. The average molecular weight is 340 g/mol. The second-order valence-electron chi connectivity index (χ2n) is 6.09. The molecule has 1 saturated carbocycles. The molecule has 0 atom stereocenters. The topological polar surface area (TPSA) is 0 Å². The van der Waals surface area contributed by atoms with Crippen LogP contribution in [0.3, 0.4) is 0 Å². The highest BCUT2D eigenvalue weighted by Crippen LogP contribution is 2.39. The minimum atomic E-state index is -4.27. The molecule has 0 aliphatic heterocycles. The van der Waals surface area contributed by atoms with Crippen LogP contribution in [-0.4, -0.2) is 5.51 Å². The fourth-order valence-corrected chi connectivity index (χ4v) is 3.62. The molecule has 2 rings (SSSR count). The molecule has 0 saturated heterocycles. The average Bonchev–Trinajstić information content (AvgIpc) is 2.74. The number of thioether (sulfide) groups is 1. The van der Waals surface area contributed by atoms with Crippen LogP contribution in [0.4, 0.5) is 13.2 Å². The van der Waals surface area contributed by atoms with Crippen LogP contribution in [0, 0.1) is 17.8 Å². The smallest absolute Gasteiger partial charge is 0.160 e. The van der Waals surface area contributed by atoms with E-state index in [4.69, 9.17) is 0 Å². The Balaban J connectivity index is 2.22. The first kappa shape index (κ1) is 18.3. The summed E-state index contributed by atoms with van der Waals surface area (Å²) in [5.74, 6) is 6.59. The summed E-state index contributed by atoms with van der Waals surface area (Å²) >= 11 is -0.0444. The van der Waals surface area contributed by atoms with Crippen molar-refractivity contribution in [2.45, 2.75) is 68.7 Å². The minimum absolute atomic E-state index is 0.0444. The van der Waals surface area contributed by atoms with Gasteiger partial charge in [0.15, 0.2) is 0 Å². The van der Waals surface area contributed by atoms with E-state index in [2.05, 4.69) is 11.8 Å². The predicted molar refractivity (Wildman–Crippen MR) is 90.4 cm³/mol. The van der Waals surface area contributed by atoms with Crippen LogP contribution in [0.1, 0.15) is 63.0 Å². The number of rotatable bonds is 3. The first-order chi connectivity index (χ1) is 11.0. The Labute approximate surface area is 141 Å². The molecular formula is C19H23F3S. The molecule has 0 spiro atoms. The van der Waals surface area contributed by atoms with Gasteiger partial charge in [-0.05, 0) is 48.7 Å². The van der Waals surface area contributed by atoms with Crippen molar-refractivity contribution in [1.82, 2.24) is 0 Å². The van der Waals surface area contributed by atoms with Gasteiger partial charge in [0.1, 0.15) is 0 Å². The van der Waals surface area contributed by atoms with E-state index in [0.717, 1.165) is 31.2 Å². The van der Waals surface area contributed by atoms with E-state index in [1.807, 2.05) is 13.0 Å². The van der Waals surface area contributed by atoms with Crippen molar-refractivity contribution in [2.75, 3.05) is 0 Å². The molecule has 0 N–H and O–H groups in total. The number of halogens is 3. The molecule has 126 valence electrons. The maximum absolute atomic E-state index is 12.8. The first-order valence-electron chi connectivity index (χ1n) is 8.38. The molecule has 1 fully saturated rings. The van der Waals surface area contributed by atoms with Crippen LogP contribution in [0.25, 0.3) is 0 Å². The molecule has 0 aromatic heterocycles. The molecular weight excluding hydrogens is 317 g/mol. The molecule has 0 nitrogen and oxygen atoms in total. The van der Waals surface area contributed by atoms with Gasteiger partial charge in [-0.3, -0.25) is 0 Å². The number of benzene rings is 1. The number of hydrogen-bond donors (Lipinski definition) is 0. The Hall–Kier alpha value is -1.08. The van der Waals surface area contributed by atoms with Crippen LogP contribution < -0.4 is 0 Å². The third kappa shape index (κ3) is 6.51. The second kappa shape index (κ2) is 8.68. The first-order valence-corrected chi connectivity index (χ1v) is 9.20. The van der Waals surface area contributed by atoms with E-state index in [9.17, 15) is 13.2 Å². The summed E-state index contributed by atoms with van der Waals surface area (Å²) in [4.78, 5) is 0.240. The maximum atomic E-state index is 12.8. The molecule has 0 bridgehead atoms. The van der Waals surface area contributed by atoms with Gasteiger partial charge in [-0.1, -0.05) is 56.9 Å². The molecule has 1 aliphatic carbocycles. The van der Waals surface area contributed by atoms with E-state index >= 15 is 0 Å². The zero-order valence-corrected chi connectivity index (χ0v) is 14.3. The van der Waals surface area contributed by atoms with Crippen LogP contribution in [-0.2, 0) is 6.42 Å². The highest BCUT2D eigenvalue weighted by Gasteiger charge is 2.30. The van der Waals surface area contributed by atoms with Crippen LogP contribution in [0.2, 0.25) is 0 Å². The second-order valence-corrected chi connectivity index (χ2v) is 7.19. The van der Waals surface area contributed by atoms with Crippen molar-refractivity contribution in [2.24, 2.45) is 5.92 Å². The monoisotopic (exact) mass is 340 g/mol. The zero-order valence-electron chi connectivity index (χ0n) is 13.5. The largest absolute Gasteiger partial charge is 0.446 e. The number of hydrogen-bond acceptors (Lipinski definition) is 1. The van der Waals surface area contributed by atoms with Crippen LogP contribution >= 0.6 is 11.8 Å². The van der Waals surface area contributed by atoms with E-state index in [-0.39, 0.29) is 16.7 Å². The molecule has 1 aliphatic rings. The van der Waals surface area contributed by atoms with E-state index in [1.165, 1.54) is 25.7 Å². The summed E-state index contributed by atoms with van der Waals surface area (Å²) in [7, 11) is 0. The minimum Gasteiger partial charge on any atom is -0.160 e. The zero-order chi connectivity index (χ0) is 16.7. The molecule has 0 radical (unpaired) electrons. The quantitative estimate of drug-likeness (QED) is 0.340. The molecule has 1 aromatic carbocycles. The van der Waals surface area contributed by atoms with Gasteiger partial charge in [0.2, 0.25) is 0 Å². The highest BCUT2D eigenvalue weighted by molar-refractivity contribution is 8.00. The SMILES string of the molecule is CCCc1ccc(C#CC2CCCCCC2)c(SC(F)(F)F)c1. The van der Waals surface area contributed by atoms with Crippen molar-refractivity contribution in [3.05, 3.63) is 29.3 Å². The third-order valence-electron chi connectivity index (χ3n) is 4.08. The molecule has 1 aromatic rings. The Morgan fingerprint density at radius 1 is 1.13 bits per heavy atom. The maximum Gasteiger partial charge on any atom is 0.446 e. The summed E-state index contributed by atoms with van der Waals surface area (Å²) in [5.41, 5.74) is -2.82. The van der Waals surface area contributed by atoms with Gasteiger partial charge in [-0.2, -0.15) is 13.2 Å². The lowest BCUT2D eigenvalue weighted by Crippen LogP contribution is -2.01. The van der Waals surface area contributed by atoms with Gasteiger partial charge in [-0.15, -0.1) is 0 Å². The van der Waals surface area contributed by atoms with Crippen LogP contribution in [0.5, 0.6) is 0 Å². The summed E-state index contributed by atoms with van der Waals surface area (Å²) in [6, 6.07) is 5.31. The third-order valence-corrected chi connectivity index (χ3v) is 4.87. The Morgan fingerprint density at radius 3 is 2.43 bits per heavy atom. The molecule has 0 unspecified atom stereocenters. The normalized spacial score (nSPS) is 16.5. The van der Waals surface area contributed by atoms with Crippen molar-refractivity contribution >= 4 is 11.8 Å². The van der Waals surface area contributed by atoms with Gasteiger partial charge in [0, 0.05) is 16.4 Å². The standard InChI is InChI=1S/C19H23F3S/c1-2-7-16-11-13-17(18(14-16)23-19(20,21)22)12-10-15-8-5-3-4-6-9-15/h11,13-15H,2-9H2,1H3. The van der Waals surface area contributed by atoms with Gasteiger partial charge in [0.05, 0.1) is 0 Å². The van der Waals surface area contributed by atoms with Gasteiger partial charge in [-0.25, -0.2) is 0 Å². The van der Waals surface area contributed by atoms with Crippen molar-refractivity contribution < 1.29 is 13.2 Å². The highest BCUT2D eigenvalue weighted by atomic mass is 32.2. The van der Waals surface area contributed by atoms with E-state index in [0.29, 0.717) is 11.5 Å². The van der Waals surface area contributed by atoms with Gasteiger partial charge in [0.25, 0.3) is 0 Å². The summed E-state index contributed by atoms with van der Waals surface area (Å²) in [5, 5.41) is 0. The molecule has 4 heteroatoms. The summed E-state index contributed by atoms with van der Waals surface area (Å²) < 4.78 is 38.4. The lowest BCUT2D eigenvalue weighted by atomic mass is 10.0. The van der Waals surface area contributed by atoms with Crippen molar-refractivity contribution in [3.63, 3.8) is 0 Å². The Kier molecular flexibility index (Phi) is 6.89. The molecule has 23 heavy (non-hydrogen) atoms. The van der Waals surface area contributed by atoms with Crippen molar-refractivity contribution in [1.29, 1.82) is 0 Å². The van der Waals surface area contributed by atoms with Gasteiger partial charge < -0.3 is 0 Å². The summed E-state index contributed by atoms with van der Waals surface area (Å²) in [6.45, 7) is 2.02. The lowest BCUT2D eigenvalue weighted by molar-refractivity contribution is -0.0328. The molecule has 0 heterocycles. The van der Waals surface area contributed by atoms with E-state index < -0.39 is 5.51 Å². The van der Waals surface area contributed by atoms with E-state index in [1.54, 1.807) is 12.1 Å². The number of alkyl halides is 3. The van der Waals surface area contributed by atoms with Crippen molar-refractivity contribution in [3.8, 4) is 11.8 Å². The Morgan fingerprint density at radius 2 is 1.83 bits per heavy atom. The van der Waals surface area contributed by atoms with Crippen LogP contribution in [0.15, 0.2) is 23.1 Å².